The fourth-order valence-electron chi connectivity index (χ4n) is 2.90. The number of amides is 1. The molecule has 0 aliphatic carbocycles. The lowest BCUT2D eigenvalue weighted by Gasteiger charge is -2.27. The van der Waals surface area contributed by atoms with Crippen LogP contribution in [0.3, 0.4) is 0 Å². The molecule has 0 spiro atoms. The third kappa shape index (κ3) is 3.58. The van der Waals surface area contributed by atoms with E-state index < -0.39 is 5.60 Å². The third-order valence-electron chi connectivity index (χ3n) is 3.93. The molecule has 128 valence electrons. The summed E-state index contributed by atoms with van der Waals surface area (Å²) >= 11 is 0. The summed E-state index contributed by atoms with van der Waals surface area (Å²) in [5, 5.41) is 0. The van der Waals surface area contributed by atoms with Gasteiger partial charge in [-0.05, 0) is 45.7 Å². The van der Waals surface area contributed by atoms with Gasteiger partial charge in [-0.3, -0.25) is 4.90 Å². The van der Waals surface area contributed by atoms with Gasteiger partial charge in [0.2, 0.25) is 0 Å². The first kappa shape index (κ1) is 16.5. The Balaban J connectivity index is 1.80. The molecule has 24 heavy (non-hydrogen) atoms. The van der Waals surface area contributed by atoms with Crippen LogP contribution in [0.1, 0.15) is 45.5 Å². The number of nitrogens with one attached hydrogen (secondary N) is 1. The summed E-state index contributed by atoms with van der Waals surface area (Å²) in [7, 11) is 0. The second-order valence-corrected chi connectivity index (χ2v) is 7.02. The lowest BCUT2D eigenvalue weighted by molar-refractivity contribution is 0.0219. The van der Waals surface area contributed by atoms with Crippen molar-refractivity contribution in [2.24, 2.45) is 0 Å². The lowest BCUT2D eigenvalue weighted by atomic mass is 10.1. The molecule has 1 aromatic heterocycles. The number of hydrogen-bond donors (Lipinski definition) is 1. The molecule has 1 aromatic carbocycles. The van der Waals surface area contributed by atoms with Gasteiger partial charge in [0.25, 0.3) is 0 Å². The number of imidazole rings is 1. The molecule has 1 unspecified atom stereocenters. The van der Waals surface area contributed by atoms with Crippen molar-refractivity contribution in [1.82, 2.24) is 14.9 Å². The Morgan fingerprint density at radius 1 is 1.42 bits per heavy atom. The molecule has 3 rings (SSSR count). The van der Waals surface area contributed by atoms with Gasteiger partial charge in [0.15, 0.2) is 0 Å². The molecular formula is C18H22FN3O2. The molecule has 1 fully saturated rings. The van der Waals surface area contributed by atoms with E-state index in [0.717, 1.165) is 24.1 Å². The maximum Gasteiger partial charge on any atom is 0.410 e. The van der Waals surface area contributed by atoms with Crippen molar-refractivity contribution < 1.29 is 13.9 Å². The Labute approximate surface area is 140 Å². The van der Waals surface area contributed by atoms with Gasteiger partial charge in [0.1, 0.15) is 17.2 Å². The summed E-state index contributed by atoms with van der Waals surface area (Å²) in [6.45, 7) is 6.20. The van der Waals surface area contributed by atoms with E-state index in [0.29, 0.717) is 12.4 Å². The summed E-state index contributed by atoms with van der Waals surface area (Å²) in [4.78, 5) is 21.7. The second-order valence-electron chi connectivity index (χ2n) is 7.02. The van der Waals surface area contributed by atoms with Gasteiger partial charge in [-0.15, -0.1) is 0 Å². The topological polar surface area (TPSA) is 58.2 Å². The zero-order valence-corrected chi connectivity index (χ0v) is 14.2. The zero-order valence-electron chi connectivity index (χ0n) is 14.2. The smallest absolute Gasteiger partial charge is 0.410 e. The number of nitrogens with zero attached hydrogens (tertiary/aromatic N) is 2. The Kier molecular flexibility index (Phi) is 4.30. The third-order valence-corrected chi connectivity index (χ3v) is 3.93. The van der Waals surface area contributed by atoms with Crippen molar-refractivity contribution in [2.45, 2.75) is 45.3 Å². The Hall–Kier alpha value is -2.37. The number of rotatable bonds is 2. The molecule has 1 N–H and O–H groups in total. The van der Waals surface area contributed by atoms with E-state index in [1.807, 2.05) is 26.8 Å². The number of likely N-dealkylation sites (tertiary alicyclic amines) is 1. The van der Waals surface area contributed by atoms with Gasteiger partial charge in [-0.2, -0.15) is 0 Å². The first-order valence-electron chi connectivity index (χ1n) is 8.14. The van der Waals surface area contributed by atoms with Crippen LogP contribution in [0.4, 0.5) is 9.18 Å². The van der Waals surface area contributed by atoms with E-state index in [1.165, 1.54) is 12.1 Å². The van der Waals surface area contributed by atoms with Crippen molar-refractivity contribution in [3.8, 4) is 11.3 Å². The number of aromatic amines is 1. The van der Waals surface area contributed by atoms with Gasteiger partial charge < -0.3 is 9.72 Å². The van der Waals surface area contributed by atoms with E-state index in [-0.39, 0.29) is 18.0 Å². The lowest BCUT2D eigenvalue weighted by Crippen LogP contribution is -2.36. The van der Waals surface area contributed by atoms with Crippen LogP contribution in [0.5, 0.6) is 0 Å². The molecule has 6 heteroatoms. The zero-order chi connectivity index (χ0) is 17.3. The van der Waals surface area contributed by atoms with Crippen LogP contribution in [0.25, 0.3) is 11.3 Å². The average Bonchev–Trinajstić information content (AvgIpc) is 3.14. The van der Waals surface area contributed by atoms with Crippen LogP contribution in [-0.2, 0) is 4.74 Å². The largest absolute Gasteiger partial charge is 0.444 e. The van der Waals surface area contributed by atoms with Crippen LogP contribution in [0.15, 0.2) is 30.5 Å². The van der Waals surface area contributed by atoms with Crippen LogP contribution in [-0.4, -0.2) is 33.1 Å². The Morgan fingerprint density at radius 2 is 2.21 bits per heavy atom. The molecule has 1 atom stereocenters. The van der Waals surface area contributed by atoms with E-state index in [4.69, 9.17) is 4.74 Å². The molecule has 0 bridgehead atoms. The van der Waals surface area contributed by atoms with Gasteiger partial charge in [-0.25, -0.2) is 14.2 Å². The Morgan fingerprint density at radius 3 is 2.92 bits per heavy atom. The summed E-state index contributed by atoms with van der Waals surface area (Å²) in [6.07, 6.45) is 3.08. The quantitative estimate of drug-likeness (QED) is 0.893. The highest BCUT2D eigenvalue weighted by atomic mass is 19.1. The number of halogens is 1. The minimum absolute atomic E-state index is 0.137. The predicted octanol–water partition coefficient (Wildman–Crippen LogP) is 4.29. The van der Waals surface area contributed by atoms with Gasteiger partial charge >= 0.3 is 6.09 Å². The molecule has 0 saturated carbocycles. The minimum Gasteiger partial charge on any atom is -0.444 e. The molecule has 1 aliphatic heterocycles. The average molecular weight is 331 g/mol. The molecule has 1 aliphatic rings. The minimum atomic E-state index is -0.528. The number of aromatic nitrogens is 2. The fourth-order valence-corrected chi connectivity index (χ4v) is 2.90. The number of H-pyrrole nitrogens is 1. The van der Waals surface area contributed by atoms with E-state index in [1.54, 1.807) is 17.2 Å². The summed E-state index contributed by atoms with van der Waals surface area (Å²) in [5.74, 6) is 0.414. The highest BCUT2D eigenvalue weighted by molar-refractivity contribution is 5.69. The molecule has 0 radical (unpaired) electrons. The monoisotopic (exact) mass is 331 g/mol. The van der Waals surface area contributed by atoms with Crippen molar-refractivity contribution in [1.29, 1.82) is 0 Å². The van der Waals surface area contributed by atoms with Crippen molar-refractivity contribution in [2.75, 3.05) is 6.54 Å². The highest BCUT2D eigenvalue weighted by Crippen LogP contribution is 2.32. The molecular weight excluding hydrogens is 309 g/mol. The molecule has 1 saturated heterocycles. The fraction of sp³-hybridized carbons (Fsp3) is 0.444. The highest BCUT2D eigenvalue weighted by Gasteiger charge is 2.34. The molecule has 2 aromatic rings. The van der Waals surface area contributed by atoms with E-state index >= 15 is 0 Å². The maximum absolute atomic E-state index is 13.4. The molecule has 5 nitrogen and oxygen atoms in total. The Bertz CT molecular complexity index is 736. The van der Waals surface area contributed by atoms with E-state index in [2.05, 4.69) is 9.97 Å². The normalized spacial score (nSPS) is 18.0. The van der Waals surface area contributed by atoms with Gasteiger partial charge in [0, 0.05) is 12.1 Å². The van der Waals surface area contributed by atoms with Crippen LogP contribution in [0, 0.1) is 5.82 Å². The molecule has 2 heterocycles. The summed E-state index contributed by atoms with van der Waals surface area (Å²) in [5.41, 5.74) is 0.941. The maximum atomic E-state index is 13.4. The molecule has 1 amide bonds. The number of ether oxygens (including phenoxy) is 1. The van der Waals surface area contributed by atoms with E-state index in [9.17, 15) is 9.18 Å². The number of carbonyl (C=O) groups is 1. The first-order chi connectivity index (χ1) is 11.3. The van der Waals surface area contributed by atoms with Crippen LogP contribution < -0.4 is 0 Å². The van der Waals surface area contributed by atoms with Crippen LogP contribution >= 0.6 is 0 Å². The van der Waals surface area contributed by atoms with Crippen molar-refractivity contribution in [3.05, 3.63) is 42.1 Å². The summed E-state index contributed by atoms with van der Waals surface area (Å²) in [6, 6.07) is 6.20. The van der Waals surface area contributed by atoms with Gasteiger partial charge in [0.05, 0.1) is 17.9 Å². The predicted molar refractivity (Wildman–Crippen MR) is 88.9 cm³/mol. The second kappa shape index (κ2) is 6.26. The summed E-state index contributed by atoms with van der Waals surface area (Å²) < 4.78 is 18.9. The van der Waals surface area contributed by atoms with Gasteiger partial charge in [-0.1, -0.05) is 12.1 Å². The van der Waals surface area contributed by atoms with Crippen LogP contribution in [0.2, 0.25) is 0 Å². The number of benzene rings is 1. The SMILES string of the molecule is CC(C)(C)OC(=O)N1CCCC1c1ncc(-c2cccc(F)c2)[nH]1. The number of carbonyl (C=O) groups excluding carboxylic acids is 1. The number of hydrogen-bond acceptors (Lipinski definition) is 3. The first-order valence-corrected chi connectivity index (χ1v) is 8.14. The van der Waals surface area contributed by atoms with Crippen molar-refractivity contribution >= 4 is 6.09 Å². The standard InChI is InChI=1S/C18H22FN3O2/c1-18(2,3)24-17(23)22-9-5-8-15(22)16-20-11-14(21-16)12-6-4-7-13(19)10-12/h4,6-7,10-11,15H,5,8-9H2,1-3H3,(H,20,21). The van der Waals surface area contributed by atoms with Crippen molar-refractivity contribution in [3.63, 3.8) is 0 Å².